The standard InChI is InChI=1S/C20H15FN4O3/c1-28-17-7-16-12(6-15(10-26)18(21)25-16)5-13(17)8-24-20(27)14-4-11-2-3-22-19(11)23-9-14/h2-7,9-10H,8H2,1H3,(H,22,23)(H,24,27). The van der Waals surface area contributed by atoms with Crippen molar-refractivity contribution in [3.8, 4) is 5.75 Å². The summed E-state index contributed by atoms with van der Waals surface area (Å²) in [6, 6.07) is 8.28. The Kier molecular flexibility index (Phi) is 4.44. The summed E-state index contributed by atoms with van der Waals surface area (Å²) in [5.74, 6) is -0.667. The van der Waals surface area contributed by atoms with Crippen LogP contribution in [0.1, 0.15) is 26.3 Å². The molecule has 2 N–H and O–H groups in total. The summed E-state index contributed by atoms with van der Waals surface area (Å²) in [6.07, 6.45) is 3.66. The van der Waals surface area contributed by atoms with Crippen molar-refractivity contribution in [1.29, 1.82) is 0 Å². The Hall–Kier alpha value is -3.81. The number of nitrogens with one attached hydrogen (secondary N) is 2. The molecule has 0 aliphatic heterocycles. The molecule has 0 spiro atoms. The summed E-state index contributed by atoms with van der Waals surface area (Å²) >= 11 is 0. The number of benzene rings is 1. The predicted molar refractivity (Wildman–Crippen MR) is 101 cm³/mol. The van der Waals surface area contributed by atoms with Crippen LogP contribution in [-0.2, 0) is 6.54 Å². The average Bonchev–Trinajstić information content (AvgIpc) is 3.18. The van der Waals surface area contributed by atoms with Crippen molar-refractivity contribution in [2.75, 3.05) is 7.11 Å². The first-order valence-corrected chi connectivity index (χ1v) is 8.42. The van der Waals surface area contributed by atoms with Crippen molar-refractivity contribution in [3.05, 3.63) is 65.4 Å². The van der Waals surface area contributed by atoms with Crippen LogP contribution in [0.2, 0.25) is 0 Å². The van der Waals surface area contributed by atoms with Crippen LogP contribution in [0.15, 0.2) is 42.7 Å². The van der Waals surface area contributed by atoms with E-state index in [0.29, 0.717) is 39.7 Å². The molecule has 0 aliphatic carbocycles. The second-order valence-electron chi connectivity index (χ2n) is 6.17. The van der Waals surface area contributed by atoms with Crippen LogP contribution in [0.5, 0.6) is 5.75 Å². The topological polar surface area (TPSA) is 97.0 Å². The summed E-state index contributed by atoms with van der Waals surface area (Å²) < 4.78 is 19.1. The fraction of sp³-hybridized carbons (Fsp3) is 0.100. The molecule has 4 rings (SSSR count). The first-order chi connectivity index (χ1) is 13.6. The van der Waals surface area contributed by atoms with Crippen LogP contribution < -0.4 is 10.1 Å². The van der Waals surface area contributed by atoms with Crippen LogP contribution in [0.4, 0.5) is 4.39 Å². The molecule has 4 aromatic rings. The average molecular weight is 378 g/mol. The number of carbonyl (C=O) groups is 2. The van der Waals surface area contributed by atoms with Gasteiger partial charge in [-0.25, -0.2) is 9.97 Å². The van der Waals surface area contributed by atoms with E-state index < -0.39 is 5.95 Å². The summed E-state index contributed by atoms with van der Waals surface area (Å²) in [5, 5.41) is 4.23. The third-order valence-corrected chi connectivity index (χ3v) is 4.43. The fourth-order valence-corrected chi connectivity index (χ4v) is 3.00. The van der Waals surface area contributed by atoms with E-state index in [2.05, 4.69) is 20.3 Å². The number of aromatic nitrogens is 3. The van der Waals surface area contributed by atoms with Gasteiger partial charge in [0.15, 0.2) is 6.29 Å². The Morgan fingerprint density at radius 3 is 2.93 bits per heavy atom. The Morgan fingerprint density at radius 2 is 2.14 bits per heavy atom. The Balaban J connectivity index is 1.61. The second-order valence-corrected chi connectivity index (χ2v) is 6.17. The minimum Gasteiger partial charge on any atom is -0.496 e. The van der Waals surface area contributed by atoms with Crippen molar-refractivity contribution < 1.29 is 18.7 Å². The fourth-order valence-electron chi connectivity index (χ4n) is 3.00. The van der Waals surface area contributed by atoms with Crippen LogP contribution in [0.3, 0.4) is 0 Å². The van der Waals surface area contributed by atoms with Gasteiger partial charge in [0.25, 0.3) is 5.91 Å². The van der Waals surface area contributed by atoms with Gasteiger partial charge in [-0.05, 0) is 24.3 Å². The molecule has 1 aromatic carbocycles. The number of aldehydes is 1. The van der Waals surface area contributed by atoms with E-state index in [9.17, 15) is 14.0 Å². The van der Waals surface area contributed by atoms with Gasteiger partial charge in [0.05, 0.1) is 23.8 Å². The second kappa shape index (κ2) is 7.07. The van der Waals surface area contributed by atoms with E-state index in [4.69, 9.17) is 4.74 Å². The lowest BCUT2D eigenvalue weighted by Crippen LogP contribution is -2.23. The highest BCUT2D eigenvalue weighted by atomic mass is 19.1. The molecule has 0 bridgehead atoms. The van der Waals surface area contributed by atoms with Crippen molar-refractivity contribution in [1.82, 2.24) is 20.3 Å². The predicted octanol–water partition coefficient (Wildman–Crippen LogP) is 3.00. The molecule has 7 nitrogen and oxygen atoms in total. The SMILES string of the molecule is COc1cc2nc(F)c(C=O)cc2cc1CNC(=O)c1cnc2[nH]ccc2c1. The largest absolute Gasteiger partial charge is 0.496 e. The molecule has 3 heterocycles. The third-order valence-electron chi connectivity index (χ3n) is 4.43. The molecule has 0 atom stereocenters. The minimum atomic E-state index is -0.835. The summed E-state index contributed by atoms with van der Waals surface area (Å²) in [4.78, 5) is 34.4. The quantitative estimate of drug-likeness (QED) is 0.411. The Morgan fingerprint density at radius 1 is 1.29 bits per heavy atom. The molecule has 28 heavy (non-hydrogen) atoms. The van der Waals surface area contributed by atoms with E-state index in [-0.39, 0.29) is 18.0 Å². The molecule has 3 aromatic heterocycles. The monoisotopic (exact) mass is 378 g/mol. The number of fused-ring (bicyclic) bond motifs is 2. The molecular formula is C20H15FN4O3. The molecule has 8 heteroatoms. The highest BCUT2D eigenvalue weighted by molar-refractivity contribution is 5.97. The van der Waals surface area contributed by atoms with Crippen molar-refractivity contribution in [2.24, 2.45) is 0 Å². The molecule has 1 amide bonds. The van der Waals surface area contributed by atoms with Gasteiger partial charge >= 0.3 is 0 Å². The Labute approximate surface area is 158 Å². The third kappa shape index (κ3) is 3.16. The smallest absolute Gasteiger partial charge is 0.253 e. The maximum absolute atomic E-state index is 13.7. The first-order valence-electron chi connectivity index (χ1n) is 8.42. The highest BCUT2D eigenvalue weighted by Gasteiger charge is 2.13. The summed E-state index contributed by atoms with van der Waals surface area (Å²) in [6.45, 7) is 0.177. The van der Waals surface area contributed by atoms with Gasteiger partial charge in [0.2, 0.25) is 5.95 Å². The number of halogens is 1. The molecule has 0 radical (unpaired) electrons. The molecule has 0 saturated heterocycles. The Bertz CT molecular complexity index is 1220. The molecule has 140 valence electrons. The number of aromatic amines is 1. The number of amides is 1. The van der Waals surface area contributed by atoms with Crippen LogP contribution in [-0.4, -0.2) is 34.3 Å². The maximum atomic E-state index is 13.7. The molecule has 0 saturated carbocycles. The van der Waals surface area contributed by atoms with Gasteiger partial charge in [-0.1, -0.05) is 0 Å². The van der Waals surface area contributed by atoms with Crippen molar-refractivity contribution >= 4 is 34.1 Å². The number of methoxy groups -OCH3 is 1. The molecule has 0 aliphatic rings. The normalized spacial score (nSPS) is 10.9. The van der Waals surface area contributed by atoms with Crippen LogP contribution in [0.25, 0.3) is 21.9 Å². The van der Waals surface area contributed by atoms with Gasteiger partial charge in [0, 0.05) is 41.3 Å². The zero-order valence-corrected chi connectivity index (χ0v) is 14.8. The lowest BCUT2D eigenvalue weighted by molar-refractivity contribution is 0.0950. The number of rotatable bonds is 5. The number of H-pyrrole nitrogens is 1. The number of pyridine rings is 2. The minimum absolute atomic E-state index is 0.126. The zero-order valence-electron chi connectivity index (χ0n) is 14.8. The maximum Gasteiger partial charge on any atom is 0.253 e. The number of ether oxygens (including phenoxy) is 1. The zero-order chi connectivity index (χ0) is 19.7. The van der Waals surface area contributed by atoms with Gasteiger partial charge in [-0.3, -0.25) is 9.59 Å². The van der Waals surface area contributed by atoms with E-state index in [1.165, 1.54) is 19.4 Å². The number of hydrogen-bond donors (Lipinski definition) is 2. The van der Waals surface area contributed by atoms with Gasteiger partial charge < -0.3 is 15.0 Å². The van der Waals surface area contributed by atoms with E-state index >= 15 is 0 Å². The van der Waals surface area contributed by atoms with E-state index in [1.54, 1.807) is 24.4 Å². The number of nitrogens with zero attached hydrogens (tertiary/aromatic N) is 2. The van der Waals surface area contributed by atoms with Gasteiger partial charge in [0.1, 0.15) is 11.4 Å². The summed E-state index contributed by atoms with van der Waals surface area (Å²) in [5.41, 5.74) is 2.04. The molecule has 0 unspecified atom stereocenters. The van der Waals surface area contributed by atoms with E-state index in [1.807, 2.05) is 6.07 Å². The number of carbonyl (C=O) groups excluding carboxylic acids is 2. The summed E-state index contributed by atoms with van der Waals surface area (Å²) in [7, 11) is 1.48. The van der Waals surface area contributed by atoms with Gasteiger partial charge in [-0.15, -0.1) is 0 Å². The van der Waals surface area contributed by atoms with Crippen LogP contribution >= 0.6 is 0 Å². The van der Waals surface area contributed by atoms with Crippen LogP contribution in [0, 0.1) is 5.95 Å². The molecule has 0 fully saturated rings. The lowest BCUT2D eigenvalue weighted by Gasteiger charge is -2.12. The van der Waals surface area contributed by atoms with Crippen molar-refractivity contribution in [3.63, 3.8) is 0 Å². The lowest BCUT2D eigenvalue weighted by atomic mass is 10.1. The van der Waals surface area contributed by atoms with Gasteiger partial charge in [-0.2, -0.15) is 4.39 Å². The van der Waals surface area contributed by atoms with Crippen molar-refractivity contribution in [2.45, 2.75) is 6.54 Å². The van der Waals surface area contributed by atoms with E-state index in [0.717, 1.165) is 5.39 Å². The highest BCUT2D eigenvalue weighted by Crippen LogP contribution is 2.26. The number of hydrogen-bond acceptors (Lipinski definition) is 5. The molecular weight excluding hydrogens is 363 g/mol. The first kappa shape index (κ1) is 17.6.